The highest BCUT2D eigenvalue weighted by Gasteiger charge is 2.12. The Hall–Kier alpha value is -2.11. The average molecular weight is 305 g/mol. The van der Waals surface area contributed by atoms with Gasteiger partial charge in [-0.25, -0.2) is 10.8 Å². The van der Waals surface area contributed by atoms with E-state index in [1.54, 1.807) is 18.2 Å². The summed E-state index contributed by atoms with van der Waals surface area (Å²) in [6, 6.07) is 8.80. The van der Waals surface area contributed by atoms with Crippen LogP contribution in [0.3, 0.4) is 0 Å². The van der Waals surface area contributed by atoms with Gasteiger partial charge in [-0.15, -0.1) is 0 Å². The lowest BCUT2D eigenvalue weighted by Gasteiger charge is -2.11. The first kappa shape index (κ1) is 15.3. The first-order chi connectivity index (χ1) is 10.0. The molecular weight excluding hydrogens is 288 g/mol. The Bertz CT molecular complexity index is 630. The molecule has 0 aliphatic heterocycles. The van der Waals surface area contributed by atoms with Crippen molar-refractivity contribution in [3.05, 3.63) is 52.2 Å². The summed E-state index contributed by atoms with van der Waals surface area (Å²) in [5.41, 5.74) is 5.24. The number of nitrogens with one attached hydrogen (secondary N) is 2. The Morgan fingerprint density at radius 2 is 2.14 bits per heavy atom. The zero-order valence-corrected chi connectivity index (χ0v) is 12.7. The van der Waals surface area contributed by atoms with Crippen molar-refractivity contribution in [3.8, 4) is 0 Å². The molecule has 6 heteroatoms. The minimum Gasteiger partial charge on any atom is -0.320 e. The van der Waals surface area contributed by atoms with Crippen molar-refractivity contribution in [2.24, 2.45) is 5.84 Å². The van der Waals surface area contributed by atoms with Gasteiger partial charge in [0.25, 0.3) is 5.91 Å². The molecule has 1 heterocycles. The van der Waals surface area contributed by atoms with Crippen LogP contribution in [0, 0.1) is 6.92 Å². The molecule has 1 aromatic carbocycles. The zero-order chi connectivity index (χ0) is 15.4. The largest absolute Gasteiger partial charge is 0.320 e. The molecule has 5 nitrogen and oxygen atoms in total. The van der Waals surface area contributed by atoms with Crippen LogP contribution >= 0.6 is 11.6 Å². The Kier molecular flexibility index (Phi) is 4.77. The molecule has 0 aliphatic rings. The van der Waals surface area contributed by atoms with Crippen molar-refractivity contribution >= 4 is 29.0 Å². The van der Waals surface area contributed by atoms with Gasteiger partial charge in [-0.1, -0.05) is 30.7 Å². The minimum absolute atomic E-state index is 0.250. The number of pyridine rings is 1. The maximum absolute atomic E-state index is 12.4. The molecule has 4 N–H and O–H groups in total. The lowest BCUT2D eigenvalue weighted by molar-refractivity contribution is 0.102. The molecule has 0 spiro atoms. The molecular formula is C15H17ClN4O. The van der Waals surface area contributed by atoms with Gasteiger partial charge >= 0.3 is 0 Å². The number of nitrogens with zero attached hydrogens (tertiary/aromatic N) is 1. The summed E-state index contributed by atoms with van der Waals surface area (Å²) in [5.74, 6) is 5.58. The molecule has 0 saturated heterocycles. The summed E-state index contributed by atoms with van der Waals surface area (Å²) in [4.78, 5) is 16.6. The summed E-state index contributed by atoms with van der Waals surface area (Å²) < 4.78 is 0. The van der Waals surface area contributed by atoms with E-state index in [1.165, 1.54) is 0 Å². The number of para-hydroxylation sites is 1. The molecule has 0 aliphatic carbocycles. The van der Waals surface area contributed by atoms with Crippen LogP contribution in [0.1, 0.15) is 28.5 Å². The normalized spacial score (nSPS) is 10.3. The van der Waals surface area contributed by atoms with E-state index in [0.717, 1.165) is 11.3 Å². The van der Waals surface area contributed by atoms with E-state index in [0.29, 0.717) is 28.5 Å². The number of hydrazine groups is 1. The Morgan fingerprint density at radius 3 is 2.76 bits per heavy atom. The van der Waals surface area contributed by atoms with E-state index in [9.17, 15) is 4.79 Å². The van der Waals surface area contributed by atoms with Crippen LogP contribution in [-0.4, -0.2) is 10.9 Å². The third-order valence-corrected chi connectivity index (χ3v) is 3.43. The molecule has 1 amide bonds. The molecule has 0 saturated carbocycles. The number of benzene rings is 1. The molecule has 0 bridgehead atoms. The minimum atomic E-state index is -0.250. The number of hydrogen-bond acceptors (Lipinski definition) is 4. The number of halogens is 1. The highest BCUT2D eigenvalue weighted by atomic mass is 35.5. The number of hydrogen-bond donors (Lipinski definition) is 3. The SMILES string of the molecule is CCc1cc(C(=O)Nc2c(C)cccc2Cl)cc(NN)n1. The summed E-state index contributed by atoms with van der Waals surface area (Å²) in [7, 11) is 0. The number of carbonyl (C=O) groups is 1. The van der Waals surface area contributed by atoms with Gasteiger partial charge in [0.05, 0.1) is 10.7 Å². The number of carbonyl (C=O) groups excluding carboxylic acids is 1. The summed E-state index contributed by atoms with van der Waals surface area (Å²) >= 11 is 6.12. The van der Waals surface area contributed by atoms with E-state index < -0.39 is 0 Å². The average Bonchev–Trinajstić information content (AvgIpc) is 2.50. The molecule has 0 unspecified atom stereocenters. The molecule has 21 heavy (non-hydrogen) atoms. The second-order valence-electron chi connectivity index (χ2n) is 4.62. The van der Waals surface area contributed by atoms with Gasteiger partial charge in [-0.2, -0.15) is 0 Å². The van der Waals surface area contributed by atoms with Gasteiger partial charge in [-0.05, 0) is 37.1 Å². The number of amides is 1. The van der Waals surface area contributed by atoms with Gasteiger partial charge in [0.15, 0.2) is 0 Å². The van der Waals surface area contributed by atoms with Crippen molar-refractivity contribution in [3.63, 3.8) is 0 Å². The van der Waals surface area contributed by atoms with Crippen molar-refractivity contribution in [2.45, 2.75) is 20.3 Å². The first-order valence-corrected chi connectivity index (χ1v) is 6.97. The van der Waals surface area contributed by atoms with Crippen molar-refractivity contribution in [1.29, 1.82) is 0 Å². The van der Waals surface area contributed by atoms with Crippen LogP contribution in [-0.2, 0) is 6.42 Å². The quantitative estimate of drug-likeness (QED) is 0.599. The van der Waals surface area contributed by atoms with Crippen LogP contribution in [0.2, 0.25) is 5.02 Å². The third kappa shape index (κ3) is 3.51. The van der Waals surface area contributed by atoms with E-state index in [1.807, 2.05) is 26.0 Å². The van der Waals surface area contributed by atoms with Crippen LogP contribution in [0.15, 0.2) is 30.3 Å². The van der Waals surface area contributed by atoms with Crippen LogP contribution in [0.5, 0.6) is 0 Å². The fourth-order valence-corrected chi connectivity index (χ4v) is 2.22. The fourth-order valence-electron chi connectivity index (χ4n) is 1.95. The number of nitrogen functional groups attached to an aromatic ring is 1. The fraction of sp³-hybridized carbons (Fsp3) is 0.200. The van der Waals surface area contributed by atoms with Crippen molar-refractivity contribution in [2.75, 3.05) is 10.7 Å². The van der Waals surface area contributed by atoms with E-state index in [2.05, 4.69) is 15.7 Å². The summed E-state index contributed by atoms with van der Waals surface area (Å²) in [6.07, 6.45) is 0.709. The first-order valence-electron chi connectivity index (χ1n) is 6.59. The van der Waals surface area contributed by atoms with E-state index in [4.69, 9.17) is 17.4 Å². The van der Waals surface area contributed by atoms with E-state index >= 15 is 0 Å². The monoisotopic (exact) mass is 304 g/mol. The molecule has 2 aromatic rings. The Labute approximate surface area is 128 Å². The molecule has 0 radical (unpaired) electrons. The predicted octanol–water partition coefficient (Wildman–Crippen LogP) is 3.14. The standard InChI is InChI=1S/C15H17ClN4O/c1-3-11-7-10(8-13(18-11)20-17)15(21)19-14-9(2)5-4-6-12(14)16/h4-8H,3,17H2,1-2H3,(H,18,20)(H,19,21). The topological polar surface area (TPSA) is 80.0 Å². The molecule has 0 fully saturated rings. The van der Waals surface area contributed by atoms with Crippen molar-refractivity contribution < 1.29 is 4.79 Å². The van der Waals surface area contributed by atoms with Crippen LogP contribution in [0.25, 0.3) is 0 Å². The van der Waals surface area contributed by atoms with Gasteiger partial charge < -0.3 is 10.7 Å². The van der Waals surface area contributed by atoms with Gasteiger partial charge in [0.2, 0.25) is 0 Å². The molecule has 0 atom stereocenters. The maximum Gasteiger partial charge on any atom is 0.255 e. The number of aromatic nitrogens is 1. The predicted molar refractivity (Wildman–Crippen MR) is 85.6 cm³/mol. The lowest BCUT2D eigenvalue weighted by Crippen LogP contribution is -2.16. The van der Waals surface area contributed by atoms with Crippen LogP contribution in [0.4, 0.5) is 11.5 Å². The zero-order valence-electron chi connectivity index (χ0n) is 11.9. The highest BCUT2D eigenvalue weighted by molar-refractivity contribution is 6.34. The number of aryl methyl sites for hydroxylation is 2. The van der Waals surface area contributed by atoms with E-state index in [-0.39, 0.29) is 5.91 Å². The Morgan fingerprint density at radius 1 is 1.38 bits per heavy atom. The second kappa shape index (κ2) is 6.56. The summed E-state index contributed by atoms with van der Waals surface area (Å²) in [5, 5.41) is 3.34. The smallest absolute Gasteiger partial charge is 0.255 e. The second-order valence-corrected chi connectivity index (χ2v) is 5.02. The molecule has 1 aromatic heterocycles. The number of rotatable bonds is 4. The number of nitrogens with two attached hydrogens (primary N) is 1. The van der Waals surface area contributed by atoms with Crippen LogP contribution < -0.4 is 16.6 Å². The number of anilines is 2. The third-order valence-electron chi connectivity index (χ3n) is 3.11. The Balaban J connectivity index is 2.32. The van der Waals surface area contributed by atoms with Crippen molar-refractivity contribution in [1.82, 2.24) is 4.98 Å². The highest BCUT2D eigenvalue weighted by Crippen LogP contribution is 2.26. The molecule has 110 valence electrons. The maximum atomic E-state index is 12.4. The van der Waals surface area contributed by atoms with Gasteiger partial charge in [0.1, 0.15) is 5.82 Å². The van der Waals surface area contributed by atoms with Gasteiger partial charge in [-0.3, -0.25) is 4.79 Å². The van der Waals surface area contributed by atoms with Gasteiger partial charge in [0, 0.05) is 11.3 Å². The lowest BCUT2D eigenvalue weighted by atomic mass is 10.1. The summed E-state index contributed by atoms with van der Waals surface area (Å²) in [6.45, 7) is 3.85. The molecule has 2 rings (SSSR count).